The summed E-state index contributed by atoms with van der Waals surface area (Å²) in [5.41, 5.74) is 4.26. The number of nitrogens with zero attached hydrogens (tertiary/aromatic N) is 5. The Morgan fingerprint density at radius 3 is 2.66 bits per heavy atom. The van der Waals surface area contributed by atoms with Crippen molar-refractivity contribution in [2.45, 2.75) is 12.6 Å². The van der Waals surface area contributed by atoms with Gasteiger partial charge < -0.3 is 9.73 Å². The first-order valence-electron chi connectivity index (χ1n) is 9.92. The minimum absolute atomic E-state index is 0.0655. The Morgan fingerprint density at radius 2 is 1.81 bits per heavy atom. The van der Waals surface area contributed by atoms with Crippen molar-refractivity contribution in [2.75, 3.05) is 5.32 Å². The van der Waals surface area contributed by atoms with Crippen LogP contribution < -0.4 is 5.32 Å². The normalized spacial score (nSPS) is 15.3. The Bertz CT molecular complexity index is 1370. The highest BCUT2D eigenvalue weighted by Gasteiger charge is 2.27. The van der Waals surface area contributed by atoms with E-state index in [2.05, 4.69) is 20.5 Å². The average Bonchev–Trinajstić information content (AvgIpc) is 3.26. The van der Waals surface area contributed by atoms with E-state index in [0.29, 0.717) is 5.56 Å². The summed E-state index contributed by atoms with van der Waals surface area (Å²) in [6.07, 6.45) is 0.830. The summed E-state index contributed by atoms with van der Waals surface area (Å²) in [5.74, 6) is 0.0989. The van der Waals surface area contributed by atoms with Gasteiger partial charge in [0, 0.05) is 29.3 Å². The van der Waals surface area contributed by atoms with E-state index >= 15 is 0 Å². The maximum absolute atomic E-state index is 13.0. The first-order valence-corrected chi connectivity index (χ1v) is 9.92. The van der Waals surface area contributed by atoms with Gasteiger partial charge in [-0.25, -0.2) is 4.98 Å². The third kappa shape index (κ3) is 3.75. The standard InChI is InChI=1S/C24H16N6O2/c25-14-18-12-17(10-11-26-18)23-29-30-24(32-23)28-22-20(31)13-16-8-4-5-9-19(16)21(27-22)15-6-2-1-3-7-15/h1-12,22H,13H2,(H,28,30)/t22-/m1/s1. The molecule has 0 unspecified atom stereocenters. The third-order valence-electron chi connectivity index (χ3n) is 5.05. The van der Waals surface area contributed by atoms with Crippen molar-refractivity contribution in [3.05, 3.63) is 95.3 Å². The Labute approximate surface area is 183 Å². The fourth-order valence-corrected chi connectivity index (χ4v) is 3.54. The number of hydrogen-bond donors (Lipinski definition) is 1. The molecule has 3 heterocycles. The van der Waals surface area contributed by atoms with Gasteiger partial charge in [0.05, 0.1) is 5.71 Å². The van der Waals surface area contributed by atoms with E-state index in [1.165, 1.54) is 6.20 Å². The molecule has 0 saturated heterocycles. The zero-order valence-corrected chi connectivity index (χ0v) is 16.8. The molecule has 0 spiro atoms. The molecular weight excluding hydrogens is 404 g/mol. The van der Waals surface area contributed by atoms with E-state index in [4.69, 9.17) is 14.7 Å². The number of carbonyl (C=O) groups is 1. The number of rotatable bonds is 4. The fraction of sp³-hybridized carbons (Fsp3) is 0.0833. The van der Waals surface area contributed by atoms with Crippen LogP contribution in [-0.4, -0.2) is 32.8 Å². The molecule has 1 aliphatic rings. The number of aliphatic imine (C=N–C) groups is 1. The first kappa shape index (κ1) is 19.3. The van der Waals surface area contributed by atoms with Gasteiger partial charge in [0.25, 0.3) is 0 Å². The largest absolute Gasteiger partial charge is 0.403 e. The number of benzene rings is 2. The lowest BCUT2D eigenvalue weighted by atomic mass is 9.96. The van der Waals surface area contributed by atoms with Gasteiger partial charge >= 0.3 is 6.01 Å². The summed E-state index contributed by atoms with van der Waals surface area (Å²) in [7, 11) is 0. The van der Waals surface area contributed by atoms with Crippen LogP contribution in [0.5, 0.6) is 0 Å². The van der Waals surface area contributed by atoms with Crippen LogP contribution in [0.25, 0.3) is 11.5 Å². The molecule has 5 rings (SSSR count). The smallest absolute Gasteiger partial charge is 0.317 e. The van der Waals surface area contributed by atoms with Gasteiger partial charge in [-0.1, -0.05) is 59.7 Å². The lowest BCUT2D eigenvalue weighted by Gasteiger charge is -2.11. The van der Waals surface area contributed by atoms with Gasteiger partial charge in [0.15, 0.2) is 11.9 Å². The van der Waals surface area contributed by atoms with Crippen LogP contribution in [0.15, 0.2) is 82.3 Å². The Morgan fingerprint density at radius 1 is 1.00 bits per heavy atom. The molecule has 0 saturated carbocycles. The maximum Gasteiger partial charge on any atom is 0.317 e. The van der Waals surface area contributed by atoms with Crippen molar-refractivity contribution in [1.82, 2.24) is 15.2 Å². The van der Waals surface area contributed by atoms with Crippen molar-refractivity contribution in [1.29, 1.82) is 5.26 Å². The maximum atomic E-state index is 13.0. The lowest BCUT2D eigenvalue weighted by Crippen LogP contribution is -2.29. The van der Waals surface area contributed by atoms with E-state index in [9.17, 15) is 4.79 Å². The molecule has 0 fully saturated rings. The second kappa shape index (κ2) is 8.24. The molecule has 0 radical (unpaired) electrons. The van der Waals surface area contributed by atoms with Crippen molar-refractivity contribution in [2.24, 2.45) is 4.99 Å². The van der Waals surface area contributed by atoms with E-state index in [1.807, 2.05) is 60.7 Å². The molecule has 32 heavy (non-hydrogen) atoms. The van der Waals surface area contributed by atoms with Crippen LogP contribution in [0.3, 0.4) is 0 Å². The topological polar surface area (TPSA) is 117 Å². The fourth-order valence-electron chi connectivity index (χ4n) is 3.54. The van der Waals surface area contributed by atoms with Crippen molar-refractivity contribution >= 4 is 17.5 Å². The van der Waals surface area contributed by atoms with E-state index in [1.54, 1.807) is 12.1 Å². The van der Waals surface area contributed by atoms with Gasteiger partial charge in [-0.2, -0.15) is 5.26 Å². The van der Waals surface area contributed by atoms with Gasteiger partial charge in [-0.3, -0.25) is 9.79 Å². The van der Waals surface area contributed by atoms with Gasteiger partial charge in [0.2, 0.25) is 5.89 Å². The Kier molecular flexibility index (Phi) is 4.98. The third-order valence-corrected chi connectivity index (χ3v) is 5.05. The number of Topliss-reactive ketones (excluding diaryl/α,β-unsaturated/α-hetero) is 1. The van der Waals surface area contributed by atoms with Crippen molar-refractivity contribution in [3.63, 3.8) is 0 Å². The second-order valence-electron chi connectivity index (χ2n) is 7.14. The number of pyridine rings is 1. The second-order valence-corrected chi connectivity index (χ2v) is 7.14. The predicted octanol–water partition coefficient (Wildman–Crippen LogP) is 3.40. The number of carbonyl (C=O) groups excluding carboxylic acids is 1. The molecule has 2 aromatic carbocycles. The van der Waals surface area contributed by atoms with Crippen LogP contribution >= 0.6 is 0 Å². The Hall–Kier alpha value is -4.64. The van der Waals surface area contributed by atoms with Gasteiger partial charge in [0.1, 0.15) is 11.8 Å². The van der Waals surface area contributed by atoms with Crippen LogP contribution in [0, 0.1) is 11.3 Å². The summed E-state index contributed by atoms with van der Waals surface area (Å²) in [4.78, 5) is 21.7. The van der Waals surface area contributed by atoms with E-state index in [-0.39, 0.29) is 29.8 Å². The highest BCUT2D eigenvalue weighted by molar-refractivity contribution is 6.16. The number of anilines is 1. The number of nitrogens with one attached hydrogen (secondary N) is 1. The summed E-state index contributed by atoms with van der Waals surface area (Å²) < 4.78 is 5.69. The number of nitriles is 1. The SMILES string of the molecule is N#Cc1cc(-c2nnc(N[C@H]3N=C(c4ccccc4)c4ccccc4CC3=O)o2)ccn1. The zero-order valence-electron chi connectivity index (χ0n) is 16.8. The molecule has 0 bridgehead atoms. The number of ketones is 1. The highest BCUT2D eigenvalue weighted by atomic mass is 16.4. The molecule has 2 aromatic heterocycles. The van der Waals surface area contributed by atoms with E-state index < -0.39 is 6.17 Å². The van der Waals surface area contributed by atoms with Gasteiger partial charge in [-0.05, 0) is 17.7 Å². The average molecular weight is 420 g/mol. The quantitative estimate of drug-likeness (QED) is 0.538. The highest BCUT2D eigenvalue weighted by Crippen LogP contribution is 2.24. The number of hydrogen-bond acceptors (Lipinski definition) is 8. The van der Waals surface area contributed by atoms with Crippen molar-refractivity contribution in [3.8, 4) is 17.5 Å². The van der Waals surface area contributed by atoms with E-state index in [0.717, 1.165) is 22.4 Å². The first-order chi connectivity index (χ1) is 15.7. The molecule has 154 valence electrons. The summed E-state index contributed by atoms with van der Waals surface area (Å²) in [5, 5.41) is 20.0. The predicted molar refractivity (Wildman–Crippen MR) is 117 cm³/mol. The van der Waals surface area contributed by atoms with Gasteiger partial charge in [-0.15, -0.1) is 5.10 Å². The van der Waals surface area contributed by atoms with Crippen LogP contribution in [0.2, 0.25) is 0 Å². The Balaban J connectivity index is 1.49. The lowest BCUT2D eigenvalue weighted by molar-refractivity contribution is -0.119. The minimum atomic E-state index is -0.891. The van der Waals surface area contributed by atoms with Crippen LogP contribution in [-0.2, 0) is 11.2 Å². The van der Waals surface area contributed by atoms with Crippen LogP contribution in [0.1, 0.15) is 22.4 Å². The monoisotopic (exact) mass is 420 g/mol. The van der Waals surface area contributed by atoms with Crippen LogP contribution in [0.4, 0.5) is 6.01 Å². The summed E-state index contributed by atoms with van der Waals surface area (Å²) in [6, 6.07) is 22.7. The number of fused-ring (bicyclic) bond motifs is 1. The molecular formula is C24H16N6O2. The molecule has 1 N–H and O–H groups in total. The molecule has 4 aromatic rings. The molecule has 1 aliphatic heterocycles. The zero-order chi connectivity index (χ0) is 21.9. The minimum Gasteiger partial charge on any atom is -0.403 e. The molecule has 0 amide bonds. The molecule has 8 nitrogen and oxygen atoms in total. The molecule has 8 heteroatoms. The summed E-state index contributed by atoms with van der Waals surface area (Å²) >= 11 is 0. The number of aromatic nitrogens is 3. The molecule has 1 atom stereocenters. The molecule has 0 aliphatic carbocycles. The van der Waals surface area contributed by atoms with Crippen molar-refractivity contribution < 1.29 is 9.21 Å². The summed E-state index contributed by atoms with van der Waals surface area (Å²) in [6.45, 7) is 0.